The number of hydrogen-bond donors (Lipinski definition) is 1. The summed E-state index contributed by atoms with van der Waals surface area (Å²) < 4.78 is 35.7. The van der Waals surface area contributed by atoms with Crippen LogP contribution in [-0.4, -0.2) is 76.8 Å². The Balaban J connectivity index is 1.44. The monoisotopic (exact) mass is 434 g/mol. The second-order valence-electron chi connectivity index (χ2n) is 7.44. The van der Waals surface area contributed by atoms with Crippen LogP contribution in [-0.2, 0) is 11.3 Å². The van der Waals surface area contributed by atoms with E-state index in [0.29, 0.717) is 36.1 Å². The smallest absolute Gasteiger partial charge is 0.203 e. The first-order valence-electron chi connectivity index (χ1n) is 10.3. The van der Waals surface area contributed by atoms with Crippen molar-refractivity contribution in [2.45, 2.75) is 12.7 Å². The van der Waals surface area contributed by atoms with Crippen molar-refractivity contribution in [2.75, 3.05) is 65.6 Å². The largest absolute Gasteiger partial charge is 0.493 e. The molecule has 1 aliphatic rings. The zero-order chi connectivity index (χ0) is 22.2. The van der Waals surface area contributed by atoms with Gasteiger partial charge in [0.1, 0.15) is 5.82 Å². The normalized spacial score (nSPS) is 15.6. The summed E-state index contributed by atoms with van der Waals surface area (Å²) in [4.78, 5) is 4.21. The maximum absolute atomic E-state index is 14.0. The van der Waals surface area contributed by atoms with Gasteiger partial charge in [-0.3, -0.25) is 4.90 Å². The molecule has 0 aromatic heterocycles. The molecule has 0 aliphatic carbocycles. The van der Waals surface area contributed by atoms with Crippen molar-refractivity contribution < 1.29 is 28.4 Å². The molecule has 1 aliphatic heterocycles. The molecular weight excluding hydrogens is 403 g/mol. The number of β-amino-alcohol motifs (C(OH)–C–C–N with tert-alkyl or cyclic N) is 1. The Hall–Kier alpha value is -2.55. The Bertz CT molecular complexity index is 817. The minimum Gasteiger partial charge on any atom is -0.493 e. The molecule has 0 bridgehead atoms. The second kappa shape index (κ2) is 11.2. The van der Waals surface area contributed by atoms with Crippen LogP contribution in [0.25, 0.3) is 0 Å². The lowest BCUT2D eigenvalue weighted by Crippen LogP contribution is -2.49. The molecule has 0 spiro atoms. The van der Waals surface area contributed by atoms with Crippen molar-refractivity contribution >= 4 is 5.69 Å². The predicted octanol–water partition coefficient (Wildman–Crippen LogP) is 2.55. The number of ether oxygens (including phenoxy) is 4. The topological polar surface area (TPSA) is 63.6 Å². The summed E-state index contributed by atoms with van der Waals surface area (Å²) in [5, 5.41) is 10.4. The molecule has 0 radical (unpaired) electrons. The predicted molar refractivity (Wildman–Crippen MR) is 117 cm³/mol. The first kappa shape index (κ1) is 23.1. The summed E-state index contributed by atoms with van der Waals surface area (Å²) in [6, 6.07) is 10.5. The molecule has 7 nitrogen and oxygen atoms in total. The fourth-order valence-electron chi connectivity index (χ4n) is 3.76. The maximum atomic E-state index is 14.0. The number of methoxy groups -OCH3 is 3. The second-order valence-corrected chi connectivity index (χ2v) is 7.44. The van der Waals surface area contributed by atoms with Crippen LogP contribution in [0.5, 0.6) is 17.2 Å². The molecule has 0 amide bonds. The van der Waals surface area contributed by atoms with Crippen LogP contribution in [0.4, 0.5) is 10.1 Å². The van der Waals surface area contributed by atoms with E-state index < -0.39 is 6.10 Å². The molecule has 170 valence electrons. The van der Waals surface area contributed by atoms with E-state index >= 15 is 0 Å². The van der Waals surface area contributed by atoms with Gasteiger partial charge in [0.05, 0.1) is 46.3 Å². The van der Waals surface area contributed by atoms with Gasteiger partial charge >= 0.3 is 0 Å². The van der Waals surface area contributed by atoms with Gasteiger partial charge in [0.2, 0.25) is 5.75 Å². The molecule has 8 heteroatoms. The molecule has 31 heavy (non-hydrogen) atoms. The standard InChI is InChI=1S/C23H31FN2O5/c1-28-21-12-17(13-22(29-2)23(21)30-3)15-31-16-18(27)14-25-8-10-26(11-9-25)20-7-5-4-6-19(20)24/h4-7,12-13,18,27H,8-11,14-16H2,1-3H3/t18-/m0/s1. The molecule has 1 N–H and O–H groups in total. The Morgan fingerprint density at radius 2 is 1.61 bits per heavy atom. The number of aliphatic hydroxyl groups excluding tert-OH is 1. The zero-order valence-electron chi connectivity index (χ0n) is 18.3. The van der Waals surface area contributed by atoms with Crippen molar-refractivity contribution in [1.82, 2.24) is 4.90 Å². The van der Waals surface area contributed by atoms with Crippen LogP contribution < -0.4 is 19.1 Å². The molecule has 1 fully saturated rings. The third-order valence-electron chi connectivity index (χ3n) is 5.34. The SMILES string of the molecule is COc1cc(COC[C@@H](O)CN2CCN(c3ccccc3F)CC2)cc(OC)c1OC. The Morgan fingerprint density at radius 1 is 0.968 bits per heavy atom. The van der Waals surface area contributed by atoms with Crippen LogP contribution in [0, 0.1) is 5.82 Å². The number of piperazine rings is 1. The van der Waals surface area contributed by atoms with Crippen LogP contribution in [0.2, 0.25) is 0 Å². The molecule has 1 saturated heterocycles. The fourth-order valence-corrected chi connectivity index (χ4v) is 3.76. The highest BCUT2D eigenvalue weighted by molar-refractivity contribution is 5.53. The quantitative estimate of drug-likeness (QED) is 0.617. The van der Waals surface area contributed by atoms with E-state index in [0.717, 1.165) is 31.7 Å². The highest BCUT2D eigenvalue weighted by atomic mass is 19.1. The summed E-state index contributed by atoms with van der Waals surface area (Å²) in [5.41, 5.74) is 1.50. The number of rotatable bonds is 10. The van der Waals surface area contributed by atoms with Gasteiger partial charge in [-0.15, -0.1) is 0 Å². The summed E-state index contributed by atoms with van der Waals surface area (Å²) in [5.74, 6) is 1.46. The zero-order valence-corrected chi connectivity index (χ0v) is 18.3. The van der Waals surface area contributed by atoms with Gasteiger partial charge in [-0.2, -0.15) is 0 Å². The Kier molecular flexibility index (Phi) is 8.34. The van der Waals surface area contributed by atoms with Gasteiger partial charge in [-0.1, -0.05) is 12.1 Å². The van der Waals surface area contributed by atoms with Crippen molar-refractivity contribution in [3.05, 3.63) is 47.8 Å². The summed E-state index contributed by atoms with van der Waals surface area (Å²) >= 11 is 0. The molecule has 1 heterocycles. The molecule has 1 atom stereocenters. The third kappa shape index (κ3) is 6.00. The van der Waals surface area contributed by atoms with Crippen molar-refractivity contribution in [3.8, 4) is 17.2 Å². The number of para-hydroxylation sites is 1. The number of nitrogens with zero attached hydrogens (tertiary/aromatic N) is 2. The minimum atomic E-state index is -0.609. The highest BCUT2D eigenvalue weighted by Gasteiger charge is 2.21. The van der Waals surface area contributed by atoms with Gasteiger partial charge in [-0.25, -0.2) is 4.39 Å². The third-order valence-corrected chi connectivity index (χ3v) is 5.34. The van der Waals surface area contributed by atoms with E-state index in [-0.39, 0.29) is 12.4 Å². The van der Waals surface area contributed by atoms with E-state index in [4.69, 9.17) is 18.9 Å². The number of aliphatic hydroxyl groups is 1. The number of anilines is 1. The van der Waals surface area contributed by atoms with Crippen molar-refractivity contribution in [1.29, 1.82) is 0 Å². The number of benzene rings is 2. The van der Waals surface area contributed by atoms with Gasteiger partial charge in [-0.05, 0) is 29.8 Å². The van der Waals surface area contributed by atoms with E-state index in [2.05, 4.69) is 4.90 Å². The molecule has 0 unspecified atom stereocenters. The average molecular weight is 435 g/mol. The first-order valence-corrected chi connectivity index (χ1v) is 10.3. The van der Waals surface area contributed by atoms with Crippen LogP contribution in [0.3, 0.4) is 0 Å². The van der Waals surface area contributed by atoms with Crippen LogP contribution >= 0.6 is 0 Å². The lowest BCUT2D eigenvalue weighted by Gasteiger charge is -2.37. The van der Waals surface area contributed by atoms with Crippen molar-refractivity contribution in [3.63, 3.8) is 0 Å². The Labute approximate surface area is 182 Å². The Morgan fingerprint density at radius 3 is 2.19 bits per heavy atom. The number of halogens is 1. The molecular formula is C23H31FN2O5. The van der Waals surface area contributed by atoms with E-state index in [1.807, 2.05) is 23.1 Å². The highest BCUT2D eigenvalue weighted by Crippen LogP contribution is 2.38. The summed E-state index contributed by atoms with van der Waals surface area (Å²) in [6.45, 7) is 4.01. The molecule has 0 saturated carbocycles. The lowest BCUT2D eigenvalue weighted by atomic mass is 10.2. The van der Waals surface area contributed by atoms with Gasteiger partial charge in [0, 0.05) is 32.7 Å². The van der Waals surface area contributed by atoms with E-state index in [1.54, 1.807) is 33.5 Å². The van der Waals surface area contributed by atoms with Gasteiger partial charge in [0.25, 0.3) is 0 Å². The van der Waals surface area contributed by atoms with Gasteiger partial charge in [0.15, 0.2) is 11.5 Å². The summed E-state index contributed by atoms with van der Waals surface area (Å²) in [6.07, 6.45) is -0.609. The molecule has 2 aromatic carbocycles. The van der Waals surface area contributed by atoms with Crippen molar-refractivity contribution in [2.24, 2.45) is 0 Å². The molecule has 3 rings (SSSR count). The van der Waals surface area contributed by atoms with E-state index in [1.165, 1.54) is 6.07 Å². The first-order chi connectivity index (χ1) is 15.0. The van der Waals surface area contributed by atoms with Crippen LogP contribution in [0.15, 0.2) is 36.4 Å². The van der Waals surface area contributed by atoms with E-state index in [9.17, 15) is 9.50 Å². The molecule has 2 aromatic rings. The lowest BCUT2D eigenvalue weighted by molar-refractivity contribution is 0.00903. The fraction of sp³-hybridized carbons (Fsp3) is 0.478. The van der Waals surface area contributed by atoms with Gasteiger partial charge < -0.3 is 29.0 Å². The average Bonchev–Trinajstić information content (AvgIpc) is 2.79. The maximum Gasteiger partial charge on any atom is 0.203 e. The van der Waals surface area contributed by atoms with Crippen LogP contribution in [0.1, 0.15) is 5.56 Å². The summed E-state index contributed by atoms with van der Waals surface area (Å²) in [7, 11) is 4.69. The minimum absolute atomic E-state index is 0.198. The number of hydrogen-bond acceptors (Lipinski definition) is 7.